The molecule has 2 heterocycles. The van der Waals surface area contributed by atoms with Gasteiger partial charge < -0.3 is 10.2 Å². The average Bonchev–Trinajstić information content (AvgIpc) is 2.88. The highest BCUT2D eigenvalue weighted by Crippen LogP contribution is 2.17. The maximum atomic E-state index is 11.9. The molecular weight excluding hydrogens is 268 g/mol. The van der Waals surface area contributed by atoms with Crippen LogP contribution >= 0.6 is 0 Å². The van der Waals surface area contributed by atoms with Gasteiger partial charge in [-0.2, -0.15) is 5.26 Å². The number of nitrogens with one attached hydrogen (secondary N) is 1. The quantitative estimate of drug-likeness (QED) is 0.587. The number of thiol groups is 1. The van der Waals surface area contributed by atoms with Crippen LogP contribution in [0.4, 0.5) is 5.82 Å². The van der Waals surface area contributed by atoms with E-state index in [-0.39, 0.29) is 16.7 Å². The molecule has 1 aromatic rings. The Morgan fingerprint density at radius 3 is 2.84 bits per heavy atom. The Morgan fingerprint density at radius 1 is 1.53 bits per heavy atom. The summed E-state index contributed by atoms with van der Waals surface area (Å²) in [4.78, 5) is 17.4. The van der Waals surface area contributed by atoms with Crippen LogP contribution in [0.5, 0.6) is 0 Å². The minimum Gasteiger partial charge on any atom is -0.310 e. The molecule has 1 fully saturated rings. The zero-order valence-electron chi connectivity index (χ0n) is 9.94. The van der Waals surface area contributed by atoms with Crippen LogP contribution in [0.2, 0.25) is 0 Å². The smallest absolute Gasteiger partial charge is 0.230 e. The predicted molar refractivity (Wildman–Crippen MR) is 66.7 cm³/mol. The summed E-state index contributed by atoms with van der Waals surface area (Å²) in [5.41, 5.74) is 0. The molecule has 8 heteroatoms. The molecule has 0 spiro atoms. The lowest BCUT2D eigenvalue weighted by atomic mass is 10.1. The molecule has 1 saturated heterocycles. The molecule has 0 radical (unpaired) electrons. The first-order valence-corrected chi connectivity index (χ1v) is 6.84. The van der Waals surface area contributed by atoms with Gasteiger partial charge >= 0.3 is 0 Å². The highest BCUT2D eigenvalue weighted by Gasteiger charge is 2.27. The molecule has 0 aliphatic carbocycles. The van der Waals surface area contributed by atoms with Gasteiger partial charge in [0.25, 0.3) is 0 Å². The first kappa shape index (κ1) is 13.3. The summed E-state index contributed by atoms with van der Waals surface area (Å²) < 4.78 is 21.4. The van der Waals surface area contributed by atoms with Crippen molar-refractivity contribution in [3.63, 3.8) is 0 Å². The fourth-order valence-corrected chi connectivity index (χ4v) is 2.21. The third kappa shape index (κ3) is 3.20. The molecule has 0 unspecified atom stereocenters. The van der Waals surface area contributed by atoms with Crippen LogP contribution in [-0.4, -0.2) is 37.3 Å². The number of carbonyl (C=O) groups is 1. The number of nitrogens with zero attached hydrogens (tertiary/aromatic N) is 3. The Hall–Kier alpha value is -2.14. The molecule has 0 aromatic carbocycles. The number of hydrogen-bond acceptors (Lipinski definition) is 6. The lowest BCUT2D eigenvalue weighted by molar-refractivity contribution is -0.119. The second-order valence-electron chi connectivity index (χ2n) is 4.18. The van der Waals surface area contributed by atoms with Crippen LogP contribution < -0.4 is 5.32 Å². The molecule has 100 valence electrons. The molecule has 0 bridgehead atoms. The van der Waals surface area contributed by atoms with Crippen LogP contribution in [0.25, 0.3) is 0 Å². The number of likely N-dealkylation sites (tertiary alicyclic amines) is 1. The molecule has 0 saturated carbocycles. The van der Waals surface area contributed by atoms with E-state index in [9.17, 15) is 13.2 Å². The van der Waals surface area contributed by atoms with E-state index in [0.29, 0.717) is 25.3 Å². The largest absolute Gasteiger partial charge is 0.310 e. The Balaban J connectivity index is 1.98. The first-order chi connectivity index (χ1) is 9.10. The molecular formula is C11H12N4O3S. The molecule has 1 N–H and O–H groups in total. The monoisotopic (exact) mass is 280 g/mol. The van der Waals surface area contributed by atoms with Gasteiger partial charge in [-0.1, -0.05) is 0 Å². The van der Waals surface area contributed by atoms with Gasteiger partial charge in [-0.3, -0.25) is 4.79 Å². The normalized spacial score (nSPS) is 18.3. The highest BCUT2D eigenvalue weighted by atomic mass is 32.2. The number of rotatable bonds is 3. The third-order valence-electron chi connectivity index (χ3n) is 2.91. The summed E-state index contributed by atoms with van der Waals surface area (Å²) in [5.74, 6) is -0.136. The van der Waals surface area contributed by atoms with Crippen LogP contribution in [0.1, 0.15) is 6.42 Å². The zero-order chi connectivity index (χ0) is 13.8. The number of hydrogen-bond donors (Lipinski definition) is 2. The van der Waals surface area contributed by atoms with Crippen molar-refractivity contribution in [1.29, 1.82) is 5.26 Å². The van der Waals surface area contributed by atoms with Crippen LogP contribution in [0.15, 0.2) is 23.2 Å². The van der Waals surface area contributed by atoms with Crippen molar-refractivity contribution < 1.29 is 13.2 Å². The molecule has 1 aliphatic rings. The van der Waals surface area contributed by atoms with Crippen molar-refractivity contribution in [2.45, 2.75) is 11.3 Å². The minimum atomic E-state index is -2.66. The SMILES string of the molecule is N#CN1CC[C@H](C(=O)Nc2ccc([SH](=O)=O)cn2)C1. The Labute approximate surface area is 111 Å². The van der Waals surface area contributed by atoms with Crippen molar-refractivity contribution in [3.8, 4) is 6.19 Å². The number of anilines is 1. The lowest BCUT2D eigenvalue weighted by Gasteiger charge is -2.10. The number of nitriles is 1. The van der Waals surface area contributed by atoms with E-state index in [4.69, 9.17) is 5.26 Å². The zero-order valence-corrected chi connectivity index (χ0v) is 10.8. The Kier molecular flexibility index (Phi) is 3.97. The predicted octanol–water partition coefficient (Wildman–Crippen LogP) is -0.207. The van der Waals surface area contributed by atoms with Gasteiger partial charge in [0.2, 0.25) is 5.91 Å². The standard InChI is InChI=1S/C11H12N4O3S/c12-7-15-4-3-8(6-15)11(16)14-10-2-1-9(5-13-10)19(17)18/h1-2,5,8,19H,3-4,6H2,(H,13,14,16)/t8-/m0/s1. The van der Waals surface area contributed by atoms with Gasteiger partial charge in [0.15, 0.2) is 16.9 Å². The number of pyridine rings is 1. The summed E-state index contributed by atoms with van der Waals surface area (Å²) in [7, 11) is -2.66. The molecule has 1 amide bonds. The number of amides is 1. The summed E-state index contributed by atoms with van der Waals surface area (Å²) in [6, 6.07) is 2.82. The number of aromatic nitrogens is 1. The van der Waals surface area contributed by atoms with Crippen LogP contribution in [0.3, 0.4) is 0 Å². The van der Waals surface area contributed by atoms with E-state index >= 15 is 0 Å². The second-order valence-corrected chi connectivity index (χ2v) is 5.21. The maximum Gasteiger partial charge on any atom is 0.230 e. The van der Waals surface area contributed by atoms with E-state index in [0.717, 1.165) is 0 Å². The van der Waals surface area contributed by atoms with Crippen molar-refractivity contribution in [2.75, 3.05) is 18.4 Å². The third-order valence-corrected chi connectivity index (χ3v) is 3.60. The van der Waals surface area contributed by atoms with E-state index in [1.807, 2.05) is 6.19 Å². The van der Waals surface area contributed by atoms with Gasteiger partial charge in [0.1, 0.15) is 5.82 Å². The summed E-state index contributed by atoms with van der Waals surface area (Å²) in [5, 5.41) is 11.3. The maximum absolute atomic E-state index is 11.9. The van der Waals surface area contributed by atoms with Crippen LogP contribution in [0, 0.1) is 17.4 Å². The van der Waals surface area contributed by atoms with E-state index in [2.05, 4.69) is 10.3 Å². The number of carbonyl (C=O) groups excluding carboxylic acids is 1. The van der Waals surface area contributed by atoms with Crippen molar-refractivity contribution in [2.24, 2.45) is 5.92 Å². The summed E-state index contributed by atoms with van der Waals surface area (Å²) in [6.07, 6.45) is 3.82. The minimum absolute atomic E-state index is 0.101. The molecule has 1 aliphatic heterocycles. The molecule has 2 rings (SSSR count). The fraction of sp³-hybridized carbons (Fsp3) is 0.364. The summed E-state index contributed by atoms with van der Waals surface area (Å²) >= 11 is 0. The highest BCUT2D eigenvalue weighted by molar-refractivity contribution is 7.72. The molecule has 1 aromatic heterocycles. The van der Waals surface area contributed by atoms with Crippen LogP contribution in [-0.2, 0) is 15.5 Å². The molecule has 7 nitrogen and oxygen atoms in total. The van der Waals surface area contributed by atoms with E-state index in [1.54, 1.807) is 0 Å². The van der Waals surface area contributed by atoms with Crippen molar-refractivity contribution in [1.82, 2.24) is 9.88 Å². The average molecular weight is 280 g/mol. The van der Waals surface area contributed by atoms with Gasteiger partial charge in [-0.15, -0.1) is 0 Å². The van der Waals surface area contributed by atoms with E-state index < -0.39 is 10.7 Å². The first-order valence-electron chi connectivity index (χ1n) is 5.66. The van der Waals surface area contributed by atoms with Gasteiger partial charge in [0, 0.05) is 19.3 Å². The fourth-order valence-electron chi connectivity index (χ4n) is 1.86. The molecule has 19 heavy (non-hydrogen) atoms. The Morgan fingerprint density at radius 2 is 2.32 bits per heavy atom. The second kappa shape index (κ2) is 5.67. The molecule has 1 atom stereocenters. The lowest BCUT2D eigenvalue weighted by Crippen LogP contribution is -2.25. The van der Waals surface area contributed by atoms with E-state index in [1.165, 1.54) is 23.2 Å². The topological polar surface area (TPSA) is 103 Å². The van der Waals surface area contributed by atoms with Gasteiger partial charge in [-0.05, 0) is 18.6 Å². The Bertz CT molecular complexity index is 583. The van der Waals surface area contributed by atoms with Crippen molar-refractivity contribution in [3.05, 3.63) is 18.3 Å². The summed E-state index contributed by atoms with van der Waals surface area (Å²) in [6.45, 7) is 0.991. The van der Waals surface area contributed by atoms with Crippen molar-refractivity contribution >= 4 is 22.4 Å². The van der Waals surface area contributed by atoms with Gasteiger partial charge in [0.05, 0.1) is 10.8 Å². The van der Waals surface area contributed by atoms with Gasteiger partial charge in [-0.25, -0.2) is 13.4 Å².